The minimum atomic E-state index is -0.257. The first kappa shape index (κ1) is 18.8. The number of nitrogens with one attached hydrogen (secondary N) is 1. The highest BCUT2D eigenvalue weighted by Gasteiger charge is 2.22. The van der Waals surface area contributed by atoms with E-state index in [4.69, 9.17) is 4.98 Å². The highest BCUT2D eigenvalue weighted by atomic mass is 32.1. The number of pyridine rings is 1. The third kappa shape index (κ3) is 3.81. The molecule has 1 aliphatic rings. The second-order valence-corrected chi connectivity index (χ2v) is 8.28. The normalized spacial score (nSPS) is 13.9. The summed E-state index contributed by atoms with van der Waals surface area (Å²) < 4.78 is 13.1. The van der Waals surface area contributed by atoms with Crippen LogP contribution in [0.25, 0.3) is 22.0 Å². The number of aromatic nitrogens is 3. The number of hydrogen-bond acceptors (Lipinski definition) is 5. The van der Waals surface area contributed by atoms with Gasteiger partial charge in [-0.25, -0.2) is 9.37 Å². The van der Waals surface area contributed by atoms with Crippen molar-refractivity contribution < 1.29 is 4.39 Å². The minimum Gasteiger partial charge on any atom is -0.306 e. The number of hydrogen-bond donors (Lipinski definition) is 1. The summed E-state index contributed by atoms with van der Waals surface area (Å²) in [4.78, 5) is 28.0. The lowest BCUT2D eigenvalue weighted by Gasteiger charge is -2.27. The molecule has 5 nitrogen and oxygen atoms in total. The number of thiophene rings is 1. The quantitative estimate of drug-likeness (QED) is 0.538. The molecule has 30 heavy (non-hydrogen) atoms. The van der Waals surface area contributed by atoms with Crippen molar-refractivity contribution in [1.29, 1.82) is 0 Å². The molecule has 7 heteroatoms. The Morgan fingerprint density at radius 2 is 2.00 bits per heavy atom. The fourth-order valence-corrected chi connectivity index (χ4v) is 4.38. The van der Waals surface area contributed by atoms with Crippen LogP contribution in [0, 0.1) is 5.82 Å². The van der Waals surface area contributed by atoms with Crippen molar-refractivity contribution in [3.63, 3.8) is 0 Å². The van der Waals surface area contributed by atoms with E-state index >= 15 is 0 Å². The predicted molar refractivity (Wildman–Crippen MR) is 116 cm³/mol. The van der Waals surface area contributed by atoms with Gasteiger partial charge in [0.15, 0.2) is 5.82 Å². The summed E-state index contributed by atoms with van der Waals surface area (Å²) in [5.41, 5.74) is 4.35. The minimum absolute atomic E-state index is 0.0575. The Morgan fingerprint density at radius 3 is 2.73 bits per heavy atom. The van der Waals surface area contributed by atoms with Crippen LogP contribution in [0.15, 0.2) is 64.9 Å². The molecule has 0 fully saturated rings. The Morgan fingerprint density at radius 1 is 1.13 bits per heavy atom. The standard InChI is InChI=1S/C23H19FN4OS/c24-17-6-4-16(5-7-17)19-8-3-15(12-25-19)13-28-10-9-20-18(14-28)23(29)27-22(26-20)21-2-1-11-30-21/h1-8,11-12H,9-10,13-14H2,(H,26,27,29). The predicted octanol–water partition coefficient (Wildman–Crippen LogP) is 4.26. The van der Waals surface area contributed by atoms with E-state index in [1.165, 1.54) is 12.1 Å². The lowest BCUT2D eigenvalue weighted by Crippen LogP contribution is -2.35. The van der Waals surface area contributed by atoms with Crippen LogP contribution in [0.1, 0.15) is 16.8 Å². The van der Waals surface area contributed by atoms with Crippen molar-refractivity contribution in [2.24, 2.45) is 0 Å². The highest BCUT2D eigenvalue weighted by molar-refractivity contribution is 7.13. The Balaban J connectivity index is 1.31. The second-order valence-electron chi connectivity index (χ2n) is 7.34. The lowest BCUT2D eigenvalue weighted by atomic mass is 10.1. The molecule has 4 aromatic rings. The molecule has 0 saturated carbocycles. The zero-order chi connectivity index (χ0) is 20.5. The third-order valence-electron chi connectivity index (χ3n) is 5.27. The fraction of sp³-hybridized carbons (Fsp3) is 0.174. The molecule has 1 aromatic carbocycles. The topological polar surface area (TPSA) is 61.9 Å². The molecule has 3 aromatic heterocycles. The summed E-state index contributed by atoms with van der Waals surface area (Å²) in [7, 11) is 0. The van der Waals surface area contributed by atoms with Crippen molar-refractivity contribution in [2.45, 2.75) is 19.5 Å². The number of rotatable bonds is 4. The summed E-state index contributed by atoms with van der Waals surface area (Å²) >= 11 is 1.57. The Hall–Kier alpha value is -3.16. The Kier molecular flexibility index (Phi) is 4.98. The van der Waals surface area contributed by atoms with Gasteiger partial charge in [-0.1, -0.05) is 12.1 Å². The zero-order valence-corrected chi connectivity index (χ0v) is 17.0. The maximum Gasteiger partial charge on any atom is 0.255 e. The van der Waals surface area contributed by atoms with Crippen molar-refractivity contribution in [2.75, 3.05) is 6.54 Å². The van der Waals surface area contributed by atoms with E-state index in [0.29, 0.717) is 18.9 Å². The van der Waals surface area contributed by atoms with Crippen LogP contribution in [0.2, 0.25) is 0 Å². The van der Waals surface area contributed by atoms with Gasteiger partial charge in [0, 0.05) is 37.8 Å². The first-order chi connectivity index (χ1) is 14.7. The number of fused-ring (bicyclic) bond motifs is 1. The highest BCUT2D eigenvalue weighted by Crippen LogP contribution is 2.23. The summed E-state index contributed by atoms with van der Waals surface area (Å²) in [6.45, 7) is 2.12. The number of halogens is 1. The molecule has 0 radical (unpaired) electrons. The second kappa shape index (κ2) is 7.93. The average Bonchev–Trinajstić information content (AvgIpc) is 3.30. The number of nitrogens with zero attached hydrogens (tertiary/aromatic N) is 3. The van der Waals surface area contributed by atoms with Crippen LogP contribution >= 0.6 is 11.3 Å². The van der Waals surface area contributed by atoms with E-state index in [9.17, 15) is 9.18 Å². The lowest BCUT2D eigenvalue weighted by molar-refractivity contribution is 0.241. The zero-order valence-electron chi connectivity index (χ0n) is 16.1. The maximum atomic E-state index is 13.1. The molecule has 5 rings (SSSR count). The molecule has 0 saturated heterocycles. The van der Waals surface area contributed by atoms with Crippen molar-refractivity contribution >= 4 is 11.3 Å². The van der Waals surface area contributed by atoms with Crippen LogP contribution in [0.4, 0.5) is 4.39 Å². The monoisotopic (exact) mass is 418 g/mol. The van der Waals surface area contributed by atoms with Gasteiger partial charge in [-0.15, -0.1) is 11.3 Å². The van der Waals surface area contributed by atoms with Gasteiger partial charge in [-0.2, -0.15) is 0 Å². The molecule has 4 heterocycles. The average molecular weight is 418 g/mol. The van der Waals surface area contributed by atoms with Crippen LogP contribution in [-0.4, -0.2) is 26.4 Å². The van der Waals surface area contributed by atoms with Gasteiger partial charge in [-0.05, 0) is 47.3 Å². The molecular formula is C23H19FN4OS. The Labute approximate surface area is 176 Å². The number of benzene rings is 1. The van der Waals surface area contributed by atoms with Gasteiger partial charge in [0.05, 0.1) is 21.8 Å². The van der Waals surface area contributed by atoms with Crippen LogP contribution in [-0.2, 0) is 19.5 Å². The molecule has 0 bridgehead atoms. The first-order valence-electron chi connectivity index (χ1n) is 9.75. The van der Waals surface area contributed by atoms with Gasteiger partial charge in [-0.3, -0.25) is 14.7 Å². The van der Waals surface area contributed by atoms with Crippen molar-refractivity contribution in [3.8, 4) is 22.0 Å². The summed E-state index contributed by atoms with van der Waals surface area (Å²) in [5.74, 6) is 0.399. The fourth-order valence-electron chi connectivity index (χ4n) is 3.71. The van der Waals surface area contributed by atoms with Gasteiger partial charge >= 0.3 is 0 Å². The summed E-state index contributed by atoms with van der Waals surface area (Å²) in [6.07, 6.45) is 2.59. The molecular weight excluding hydrogens is 399 g/mol. The molecule has 1 N–H and O–H groups in total. The number of H-pyrrole nitrogens is 1. The summed E-state index contributed by atoms with van der Waals surface area (Å²) in [6, 6.07) is 14.2. The van der Waals surface area contributed by atoms with Crippen molar-refractivity contribution in [3.05, 3.63) is 93.1 Å². The van der Waals surface area contributed by atoms with E-state index in [-0.39, 0.29) is 11.4 Å². The van der Waals surface area contributed by atoms with Gasteiger partial charge in [0.2, 0.25) is 0 Å². The smallest absolute Gasteiger partial charge is 0.255 e. The van der Waals surface area contributed by atoms with Gasteiger partial charge in [0.25, 0.3) is 5.56 Å². The maximum absolute atomic E-state index is 13.1. The molecule has 150 valence electrons. The van der Waals surface area contributed by atoms with E-state index in [2.05, 4.69) is 14.9 Å². The first-order valence-corrected chi connectivity index (χ1v) is 10.6. The molecule has 0 amide bonds. The van der Waals surface area contributed by atoms with Gasteiger partial charge in [0.1, 0.15) is 5.82 Å². The van der Waals surface area contributed by atoms with Crippen LogP contribution < -0.4 is 5.56 Å². The van der Waals surface area contributed by atoms with E-state index in [0.717, 1.165) is 45.9 Å². The van der Waals surface area contributed by atoms with Crippen LogP contribution in [0.3, 0.4) is 0 Å². The third-order valence-corrected chi connectivity index (χ3v) is 6.15. The van der Waals surface area contributed by atoms with E-state index < -0.39 is 0 Å². The Bertz CT molecular complexity index is 1220. The molecule has 0 atom stereocenters. The molecule has 0 unspecified atom stereocenters. The molecule has 0 spiro atoms. The van der Waals surface area contributed by atoms with E-state index in [1.54, 1.807) is 23.5 Å². The molecule has 1 aliphatic heterocycles. The number of aromatic amines is 1. The van der Waals surface area contributed by atoms with Crippen LogP contribution in [0.5, 0.6) is 0 Å². The van der Waals surface area contributed by atoms with Gasteiger partial charge < -0.3 is 4.98 Å². The van der Waals surface area contributed by atoms with Crippen molar-refractivity contribution in [1.82, 2.24) is 19.9 Å². The molecule has 0 aliphatic carbocycles. The van der Waals surface area contributed by atoms with E-state index in [1.807, 2.05) is 35.8 Å². The SMILES string of the molecule is O=c1[nH]c(-c2cccs2)nc2c1CN(Cc1ccc(-c3ccc(F)cc3)nc1)CC2. The largest absolute Gasteiger partial charge is 0.306 e. The summed E-state index contributed by atoms with van der Waals surface area (Å²) in [5, 5.41) is 1.98.